The molecule has 0 radical (unpaired) electrons. The summed E-state index contributed by atoms with van der Waals surface area (Å²) in [6, 6.07) is 5.50. The van der Waals surface area contributed by atoms with Gasteiger partial charge in [-0.2, -0.15) is 0 Å². The maximum Gasteiger partial charge on any atom is 0.224 e. The van der Waals surface area contributed by atoms with E-state index in [0.29, 0.717) is 31.1 Å². The third-order valence-corrected chi connectivity index (χ3v) is 4.87. The normalized spacial score (nSPS) is 21.9. The molecule has 1 aliphatic carbocycles. The van der Waals surface area contributed by atoms with Crippen molar-refractivity contribution >= 4 is 5.91 Å². The molecule has 1 atom stereocenters. The van der Waals surface area contributed by atoms with Crippen LogP contribution in [0.15, 0.2) is 18.2 Å². The van der Waals surface area contributed by atoms with E-state index in [0.717, 1.165) is 31.2 Å². The van der Waals surface area contributed by atoms with E-state index in [4.69, 9.17) is 18.9 Å². The van der Waals surface area contributed by atoms with E-state index >= 15 is 0 Å². The predicted octanol–water partition coefficient (Wildman–Crippen LogP) is 2.44. The van der Waals surface area contributed by atoms with Crippen molar-refractivity contribution in [3.63, 3.8) is 0 Å². The highest BCUT2D eigenvalue weighted by Crippen LogP contribution is 2.37. The molecule has 1 aromatic carbocycles. The molecule has 1 spiro atoms. The van der Waals surface area contributed by atoms with Gasteiger partial charge in [-0.1, -0.05) is 12.5 Å². The van der Waals surface area contributed by atoms with Gasteiger partial charge in [-0.3, -0.25) is 4.79 Å². The number of nitrogens with one attached hydrogen (secondary N) is 1. The Bertz CT molecular complexity index is 597. The summed E-state index contributed by atoms with van der Waals surface area (Å²) in [5.41, 5.74) is 0.877. The summed E-state index contributed by atoms with van der Waals surface area (Å²) < 4.78 is 22.5. The standard InChI is InChI=1S/C19H27NO5/c1-22-16-7-6-14(10-17(16)23-2)11-18(21)20-12-15-13-24-19(25-15)8-4-3-5-9-19/h6-7,10,15H,3-5,8-9,11-13H2,1-2H3,(H,20,21). The average Bonchev–Trinajstić information content (AvgIpc) is 3.02. The van der Waals surface area contributed by atoms with Crippen molar-refractivity contribution in [1.82, 2.24) is 5.32 Å². The lowest BCUT2D eigenvalue weighted by Crippen LogP contribution is -2.37. The molecule has 1 unspecified atom stereocenters. The Balaban J connectivity index is 1.47. The van der Waals surface area contributed by atoms with Crippen LogP contribution in [0.5, 0.6) is 11.5 Å². The fraction of sp³-hybridized carbons (Fsp3) is 0.632. The number of carbonyl (C=O) groups is 1. The van der Waals surface area contributed by atoms with Gasteiger partial charge in [0.1, 0.15) is 6.10 Å². The molecule has 1 saturated heterocycles. The summed E-state index contributed by atoms with van der Waals surface area (Å²) in [5.74, 6) is 0.845. The maximum absolute atomic E-state index is 12.2. The number of carbonyl (C=O) groups excluding carboxylic acids is 1. The monoisotopic (exact) mass is 349 g/mol. The van der Waals surface area contributed by atoms with E-state index in [1.165, 1.54) is 6.42 Å². The van der Waals surface area contributed by atoms with Crippen LogP contribution in [0.3, 0.4) is 0 Å². The van der Waals surface area contributed by atoms with E-state index in [-0.39, 0.29) is 12.0 Å². The molecule has 1 aliphatic heterocycles. The predicted molar refractivity (Wildman–Crippen MR) is 92.9 cm³/mol. The molecule has 25 heavy (non-hydrogen) atoms. The summed E-state index contributed by atoms with van der Waals surface area (Å²) >= 11 is 0. The van der Waals surface area contributed by atoms with Gasteiger partial charge in [0, 0.05) is 19.4 Å². The summed E-state index contributed by atoms with van der Waals surface area (Å²) in [7, 11) is 3.17. The Labute approximate surface area is 148 Å². The van der Waals surface area contributed by atoms with Crippen LogP contribution < -0.4 is 14.8 Å². The third-order valence-electron chi connectivity index (χ3n) is 4.87. The largest absolute Gasteiger partial charge is 0.493 e. The second-order valence-corrected chi connectivity index (χ2v) is 6.69. The van der Waals surface area contributed by atoms with Gasteiger partial charge >= 0.3 is 0 Å². The maximum atomic E-state index is 12.2. The van der Waals surface area contributed by atoms with E-state index in [1.54, 1.807) is 14.2 Å². The molecule has 1 saturated carbocycles. The van der Waals surface area contributed by atoms with Gasteiger partial charge in [0.25, 0.3) is 0 Å². The molecule has 1 heterocycles. The first-order valence-corrected chi connectivity index (χ1v) is 8.93. The lowest BCUT2D eigenvalue weighted by Gasteiger charge is -2.31. The smallest absolute Gasteiger partial charge is 0.224 e. The molecule has 2 aliphatic rings. The molecule has 138 valence electrons. The number of rotatable bonds is 6. The minimum Gasteiger partial charge on any atom is -0.493 e. The summed E-state index contributed by atoms with van der Waals surface area (Å²) in [6.45, 7) is 1.03. The Morgan fingerprint density at radius 2 is 1.96 bits per heavy atom. The SMILES string of the molecule is COc1ccc(CC(=O)NCC2COC3(CCCCC3)O2)cc1OC. The fourth-order valence-electron chi connectivity index (χ4n) is 3.54. The summed E-state index contributed by atoms with van der Waals surface area (Å²) in [5, 5.41) is 2.95. The Morgan fingerprint density at radius 1 is 1.20 bits per heavy atom. The Kier molecular flexibility index (Phi) is 5.81. The van der Waals surface area contributed by atoms with Crippen LogP contribution in [-0.2, 0) is 20.7 Å². The minimum absolute atomic E-state index is 0.0413. The third kappa shape index (κ3) is 4.44. The summed E-state index contributed by atoms with van der Waals surface area (Å²) in [6.07, 6.45) is 5.70. The van der Waals surface area contributed by atoms with Gasteiger partial charge in [0.15, 0.2) is 17.3 Å². The van der Waals surface area contributed by atoms with Gasteiger partial charge in [0.05, 0.1) is 27.2 Å². The molecule has 1 aromatic rings. The summed E-state index contributed by atoms with van der Waals surface area (Å²) in [4.78, 5) is 12.2. The van der Waals surface area contributed by atoms with Crippen LogP contribution in [0.4, 0.5) is 0 Å². The Morgan fingerprint density at radius 3 is 2.68 bits per heavy atom. The zero-order valence-electron chi connectivity index (χ0n) is 15.0. The molecule has 1 N–H and O–H groups in total. The number of hydrogen-bond acceptors (Lipinski definition) is 5. The van der Waals surface area contributed by atoms with Crippen molar-refractivity contribution in [3.05, 3.63) is 23.8 Å². The second-order valence-electron chi connectivity index (χ2n) is 6.69. The van der Waals surface area contributed by atoms with Gasteiger partial charge in [-0.25, -0.2) is 0 Å². The lowest BCUT2D eigenvalue weighted by molar-refractivity contribution is -0.186. The van der Waals surface area contributed by atoms with Crippen molar-refractivity contribution in [3.8, 4) is 11.5 Å². The number of ether oxygens (including phenoxy) is 4. The van der Waals surface area contributed by atoms with E-state index < -0.39 is 5.79 Å². The first-order valence-electron chi connectivity index (χ1n) is 8.93. The highest BCUT2D eigenvalue weighted by atomic mass is 16.7. The molecule has 1 amide bonds. The van der Waals surface area contributed by atoms with Crippen LogP contribution in [-0.4, -0.2) is 45.2 Å². The molecule has 2 fully saturated rings. The number of methoxy groups -OCH3 is 2. The van der Waals surface area contributed by atoms with Crippen LogP contribution in [0.2, 0.25) is 0 Å². The van der Waals surface area contributed by atoms with Gasteiger partial charge in [0.2, 0.25) is 5.91 Å². The molecule has 3 rings (SSSR count). The van der Waals surface area contributed by atoms with Crippen LogP contribution >= 0.6 is 0 Å². The Hall–Kier alpha value is -1.79. The fourth-order valence-corrected chi connectivity index (χ4v) is 3.54. The lowest BCUT2D eigenvalue weighted by atomic mass is 9.94. The molecule has 0 bridgehead atoms. The number of benzene rings is 1. The molecule has 6 heteroatoms. The minimum atomic E-state index is -0.392. The molecule has 0 aromatic heterocycles. The highest BCUT2D eigenvalue weighted by molar-refractivity contribution is 5.78. The zero-order chi connectivity index (χ0) is 17.7. The zero-order valence-corrected chi connectivity index (χ0v) is 15.0. The quantitative estimate of drug-likeness (QED) is 0.854. The van der Waals surface area contributed by atoms with Gasteiger partial charge in [-0.05, 0) is 30.5 Å². The number of hydrogen-bond donors (Lipinski definition) is 1. The van der Waals surface area contributed by atoms with Crippen LogP contribution in [0.1, 0.15) is 37.7 Å². The van der Waals surface area contributed by atoms with Crippen LogP contribution in [0.25, 0.3) is 0 Å². The highest BCUT2D eigenvalue weighted by Gasteiger charge is 2.42. The second kappa shape index (κ2) is 8.06. The first kappa shape index (κ1) is 18.0. The van der Waals surface area contributed by atoms with E-state index in [1.807, 2.05) is 18.2 Å². The molecular formula is C19H27NO5. The van der Waals surface area contributed by atoms with E-state index in [9.17, 15) is 4.79 Å². The van der Waals surface area contributed by atoms with Gasteiger partial charge < -0.3 is 24.3 Å². The van der Waals surface area contributed by atoms with Crippen molar-refractivity contribution in [2.75, 3.05) is 27.4 Å². The van der Waals surface area contributed by atoms with Crippen molar-refractivity contribution in [2.45, 2.75) is 50.4 Å². The van der Waals surface area contributed by atoms with Crippen molar-refractivity contribution in [2.24, 2.45) is 0 Å². The van der Waals surface area contributed by atoms with E-state index in [2.05, 4.69) is 5.32 Å². The average molecular weight is 349 g/mol. The molecular weight excluding hydrogens is 322 g/mol. The first-order chi connectivity index (χ1) is 12.1. The molecule has 6 nitrogen and oxygen atoms in total. The topological polar surface area (TPSA) is 66.0 Å². The van der Waals surface area contributed by atoms with Crippen LogP contribution in [0, 0.1) is 0 Å². The van der Waals surface area contributed by atoms with Crippen molar-refractivity contribution in [1.29, 1.82) is 0 Å². The van der Waals surface area contributed by atoms with Crippen molar-refractivity contribution < 1.29 is 23.7 Å². The van der Waals surface area contributed by atoms with Gasteiger partial charge in [-0.15, -0.1) is 0 Å². The number of amides is 1.